The number of carbonyl (C=O) groups is 4. The van der Waals surface area contributed by atoms with Crippen LogP contribution >= 0.6 is 0 Å². The van der Waals surface area contributed by atoms with Gasteiger partial charge in [0.2, 0.25) is 12.1 Å². The maximum Gasteiger partial charge on any atom is 0.308 e. The fourth-order valence-corrected chi connectivity index (χ4v) is 14.0. The SMILES string of the molecule is CNC[C@@H]1CC[C@@H]2CCc3ccc(Cc4c(O)c5c6c(c4O[C@H]4O[C@@H](C7CCCC7)[C@@H](O)C(O)(O)[C@H]4OCCN=C(N)N)CC#C[C@H](N)CC[C@@H](O)Cc4cccc(c4)/C=C/c4c(OC(C)=O)cc(CO)c(c4C6=O)C5=O)c(C=O)c3[C@]2(O)C1. The number of nitrogens with two attached hydrogens (primary N) is 3. The second kappa shape index (κ2) is 25.0. The number of ether oxygens (including phenoxy) is 4. The predicted molar refractivity (Wildman–Crippen MR) is 309 cm³/mol. The van der Waals surface area contributed by atoms with Crippen LogP contribution in [0, 0.1) is 29.6 Å². The van der Waals surface area contributed by atoms with Crippen LogP contribution in [0.2, 0.25) is 0 Å². The van der Waals surface area contributed by atoms with Crippen molar-refractivity contribution < 1.29 is 73.9 Å². The van der Waals surface area contributed by atoms with Gasteiger partial charge in [-0.05, 0) is 141 Å². The largest absolute Gasteiger partial charge is 0.507 e. The summed E-state index contributed by atoms with van der Waals surface area (Å²) < 4.78 is 25.5. The van der Waals surface area contributed by atoms with Crippen molar-refractivity contribution >= 4 is 41.9 Å². The number of carbonyl (C=O) groups excluding carboxylic acids is 4. The molecular weight excluding hydrogens is 1080 g/mol. The molecule has 1 aliphatic heterocycles. The molecule has 1 heterocycles. The van der Waals surface area contributed by atoms with Gasteiger partial charge < -0.3 is 77.2 Å². The summed E-state index contributed by atoms with van der Waals surface area (Å²) in [5.74, 6) is -1.71. The van der Waals surface area contributed by atoms with E-state index < -0.39 is 108 Å². The van der Waals surface area contributed by atoms with Gasteiger partial charge in [-0.3, -0.25) is 24.2 Å². The van der Waals surface area contributed by atoms with Gasteiger partial charge in [-0.1, -0.05) is 67.2 Å². The van der Waals surface area contributed by atoms with Crippen molar-refractivity contribution in [1.82, 2.24) is 5.32 Å². The van der Waals surface area contributed by atoms with Crippen LogP contribution in [0.25, 0.3) is 12.2 Å². The van der Waals surface area contributed by atoms with Crippen LogP contribution in [0.3, 0.4) is 0 Å². The average molecular weight is 1150 g/mol. The maximum atomic E-state index is 16.2. The third-order valence-corrected chi connectivity index (χ3v) is 17.9. The van der Waals surface area contributed by atoms with E-state index in [0.717, 1.165) is 37.3 Å². The molecule has 20 heteroatoms. The summed E-state index contributed by atoms with van der Waals surface area (Å²) in [6.45, 7) is 0.396. The van der Waals surface area contributed by atoms with E-state index in [1.807, 2.05) is 25.2 Å². The molecule has 6 aliphatic rings. The molecular formula is C64H75N5O15. The molecule has 9 atom stereocenters. The van der Waals surface area contributed by atoms with Gasteiger partial charge in [0.15, 0.2) is 29.9 Å². The number of fused-ring (bicyclic) bond motifs is 5. The number of benzene rings is 4. The number of hydrogen-bond donors (Lipinski definition) is 11. The summed E-state index contributed by atoms with van der Waals surface area (Å²) in [6, 6.07) is 11.2. The molecule has 0 spiro atoms. The minimum atomic E-state index is -3.11. The van der Waals surface area contributed by atoms with Gasteiger partial charge in [0.05, 0.1) is 49.2 Å². The van der Waals surface area contributed by atoms with Crippen molar-refractivity contribution in [2.24, 2.45) is 39.9 Å². The maximum absolute atomic E-state index is 16.2. The number of aliphatic hydroxyl groups is 6. The molecule has 20 nitrogen and oxygen atoms in total. The van der Waals surface area contributed by atoms with Gasteiger partial charge >= 0.3 is 5.97 Å². The topological polar surface area (TPSA) is 349 Å². The Hall–Kier alpha value is -6.87. The number of rotatable bonds is 14. The van der Waals surface area contributed by atoms with Crippen molar-refractivity contribution in [3.63, 3.8) is 0 Å². The lowest BCUT2D eigenvalue weighted by Gasteiger charge is -2.48. The third-order valence-electron chi connectivity index (χ3n) is 17.9. The number of guanidine groups is 1. The van der Waals surface area contributed by atoms with Gasteiger partial charge in [0.1, 0.15) is 23.4 Å². The molecule has 2 saturated carbocycles. The van der Waals surface area contributed by atoms with Gasteiger partial charge in [-0.25, -0.2) is 0 Å². The number of aryl methyl sites for hydroxylation is 1. The zero-order valence-electron chi connectivity index (χ0n) is 47.3. The predicted octanol–water partition coefficient (Wildman–Crippen LogP) is 3.49. The zero-order valence-corrected chi connectivity index (χ0v) is 47.3. The lowest BCUT2D eigenvalue weighted by Crippen LogP contribution is -2.69. The third kappa shape index (κ3) is 11.7. The number of aliphatic imine (C=N–C) groups is 1. The normalized spacial score (nSPS) is 26.8. The highest BCUT2D eigenvalue weighted by Gasteiger charge is 2.59. The van der Waals surface area contributed by atoms with E-state index in [0.29, 0.717) is 62.5 Å². The summed E-state index contributed by atoms with van der Waals surface area (Å²) in [6.07, 6.45) is 1.55. The fourth-order valence-electron chi connectivity index (χ4n) is 14.0. The van der Waals surface area contributed by atoms with Crippen molar-refractivity contribution in [3.8, 4) is 29.1 Å². The van der Waals surface area contributed by atoms with E-state index in [4.69, 9.17) is 36.1 Å². The van der Waals surface area contributed by atoms with Crippen LogP contribution in [0.1, 0.15) is 163 Å². The van der Waals surface area contributed by atoms with Crippen molar-refractivity contribution in [2.45, 2.75) is 152 Å². The Morgan fingerprint density at radius 2 is 1.71 bits per heavy atom. The molecule has 4 aromatic rings. The number of aliphatic hydroxyl groups excluding tert-OH is 3. The first-order chi connectivity index (χ1) is 40.3. The van der Waals surface area contributed by atoms with Gasteiger partial charge in [-0.15, -0.1) is 0 Å². The first-order valence-electron chi connectivity index (χ1n) is 29.0. The van der Waals surface area contributed by atoms with E-state index in [2.05, 4.69) is 22.2 Å². The smallest absolute Gasteiger partial charge is 0.308 e. The molecule has 10 rings (SSSR count). The summed E-state index contributed by atoms with van der Waals surface area (Å²) in [4.78, 5) is 62.8. The second-order valence-electron chi connectivity index (χ2n) is 23.4. The first kappa shape index (κ1) is 60.3. The molecule has 1 saturated heterocycles. The van der Waals surface area contributed by atoms with Crippen LogP contribution in [-0.2, 0) is 52.2 Å². The van der Waals surface area contributed by atoms with E-state index in [1.165, 1.54) is 12.1 Å². The highest BCUT2D eigenvalue weighted by molar-refractivity contribution is 6.32. The molecule has 84 heavy (non-hydrogen) atoms. The Balaban J connectivity index is 1.26. The number of nitrogens with one attached hydrogen (secondary N) is 1. The Morgan fingerprint density at radius 3 is 2.44 bits per heavy atom. The molecule has 0 radical (unpaired) electrons. The van der Waals surface area contributed by atoms with E-state index in [1.54, 1.807) is 24.3 Å². The lowest BCUT2D eigenvalue weighted by molar-refractivity contribution is -0.386. The number of ketones is 2. The van der Waals surface area contributed by atoms with Crippen LogP contribution in [0.5, 0.6) is 17.2 Å². The Bertz CT molecular complexity index is 3360. The molecule has 0 amide bonds. The van der Waals surface area contributed by atoms with Gasteiger partial charge in [0.25, 0.3) is 0 Å². The summed E-state index contributed by atoms with van der Waals surface area (Å²) in [5.41, 5.74) is 17.5. The van der Waals surface area contributed by atoms with Crippen LogP contribution < -0.4 is 32.0 Å². The number of nitrogens with zero attached hydrogens (tertiary/aromatic N) is 1. The molecule has 4 bridgehead atoms. The highest BCUT2D eigenvalue weighted by Crippen LogP contribution is 2.53. The average Bonchev–Trinajstić information content (AvgIpc) is 0.947. The van der Waals surface area contributed by atoms with Crippen molar-refractivity contribution in [3.05, 3.63) is 120 Å². The highest BCUT2D eigenvalue weighted by atomic mass is 16.7. The van der Waals surface area contributed by atoms with Crippen LogP contribution in [0.15, 0.2) is 47.5 Å². The number of aldehydes is 1. The minimum Gasteiger partial charge on any atom is -0.507 e. The van der Waals surface area contributed by atoms with Crippen LogP contribution in [0.4, 0.5) is 0 Å². The van der Waals surface area contributed by atoms with E-state index >= 15 is 9.59 Å². The molecule has 0 unspecified atom stereocenters. The van der Waals surface area contributed by atoms with Crippen molar-refractivity contribution in [2.75, 3.05) is 26.7 Å². The Morgan fingerprint density at radius 1 is 0.940 bits per heavy atom. The molecule has 4 aromatic carbocycles. The molecule has 5 aliphatic carbocycles. The van der Waals surface area contributed by atoms with Crippen LogP contribution in [-0.4, -0.2) is 135 Å². The number of esters is 1. The molecule has 0 aromatic heterocycles. The quantitative estimate of drug-likeness (QED) is 0.0111. The molecule has 446 valence electrons. The summed E-state index contributed by atoms with van der Waals surface area (Å²) in [7, 11) is 1.85. The Kier molecular flexibility index (Phi) is 17.9. The number of aromatic hydroxyl groups is 1. The minimum absolute atomic E-state index is 0.0396. The van der Waals surface area contributed by atoms with E-state index in [9.17, 15) is 45.3 Å². The Labute approximate surface area is 487 Å². The number of phenols is 1. The van der Waals surface area contributed by atoms with E-state index in [-0.39, 0.29) is 106 Å². The fraction of sp³-hybridized carbons (Fsp3) is 0.484. The second-order valence-corrected chi connectivity index (χ2v) is 23.4. The van der Waals surface area contributed by atoms with Crippen molar-refractivity contribution in [1.29, 1.82) is 0 Å². The van der Waals surface area contributed by atoms with Gasteiger partial charge in [0, 0.05) is 58.7 Å². The molecule has 3 fully saturated rings. The summed E-state index contributed by atoms with van der Waals surface area (Å²) in [5, 5.41) is 87.9. The summed E-state index contributed by atoms with van der Waals surface area (Å²) >= 11 is 0. The number of hydrogen-bond acceptors (Lipinski definition) is 18. The first-order valence-corrected chi connectivity index (χ1v) is 29.0. The number of phenolic OH excluding ortho intramolecular Hbond substituents is 1. The monoisotopic (exact) mass is 1150 g/mol. The zero-order chi connectivity index (χ0) is 59.8. The standard InChI is InChI=1S/C64H75N5O15/c1-33(72)82-48-28-40(31-70)49-50-44(48)22-14-34-7-5-8-35(25-34)26-43(73)21-20-42(65)11-6-12-45-51(56(50)76)52(55(49)75)54(74)46(27-39-16-15-37-17-19-41-18-13-36(30-68-2)29-63(41,78)53(37)47(39)32-71)58(45)84-61-60(81-24-23-69-62(66)67)64(79,80)59(77)57(83-61)38-9-3-4-10-38/h5,7-8,14-16,22,25,28,32,36,38,41-43,57,59-61,68,70,73-74,77-80H,3-4,9-10,12-13,17-21,23-24,26-27,29-31,65H2,1-2H3,(H4,66,67,69)/b22-14+/t36-,41-,42+,43-,57+,59-,60+,61-,63+/m1/s1. The van der Waals surface area contributed by atoms with Gasteiger partial charge in [-0.2, -0.15) is 0 Å². The molecule has 14 N–H and O–H groups in total. The lowest BCUT2D eigenvalue weighted by atomic mass is 9.61.